The Hall–Kier alpha value is -2.34. The van der Waals surface area contributed by atoms with Crippen molar-refractivity contribution in [1.82, 2.24) is 10.2 Å². The van der Waals surface area contributed by atoms with Crippen molar-refractivity contribution < 1.29 is 14.3 Å². The molecular formula is C20H24N2O3S. The van der Waals surface area contributed by atoms with Gasteiger partial charge in [0.15, 0.2) is 0 Å². The number of carbonyl (C=O) groups excluding carboxylic acids is 2. The van der Waals surface area contributed by atoms with Crippen molar-refractivity contribution in [2.45, 2.75) is 26.4 Å². The molecule has 1 aliphatic heterocycles. The topological polar surface area (TPSA) is 58.6 Å². The molecule has 138 valence electrons. The first-order chi connectivity index (χ1) is 12.6. The van der Waals surface area contributed by atoms with Gasteiger partial charge in [-0.25, -0.2) is 4.79 Å². The van der Waals surface area contributed by atoms with Gasteiger partial charge in [0.2, 0.25) is 0 Å². The lowest BCUT2D eigenvalue weighted by molar-refractivity contribution is 0.0800. The highest BCUT2D eigenvalue weighted by molar-refractivity contribution is 7.10. The lowest BCUT2D eigenvalue weighted by atomic mass is 9.97. The van der Waals surface area contributed by atoms with E-state index in [1.807, 2.05) is 48.7 Å². The van der Waals surface area contributed by atoms with Crippen LogP contribution >= 0.6 is 11.3 Å². The molecule has 0 spiro atoms. The van der Waals surface area contributed by atoms with Crippen LogP contribution in [0.4, 0.5) is 4.79 Å². The molecule has 0 radical (unpaired) electrons. The van der Waals surface area contributed by atoms with Crippen LogP contribution in [0, 0.1) is 12.8 Å². The molecule has 26 heavy (non-hydrogen) atoms. The molecule has 2 aromatic rings. The monoisotopic (exact) mass is 372 g/mol. The number of hydrogen-bond donors (Lipinski definition) is 1. The van der Waals surface area contributed by atoms with E-state index in [0.29, 0.717) is 32.2 Å². The van der Waals surface area contributed by atoms with Gasteiger partial charge in [-0.15, -0.1) is 11.3 Å². The Labute approximate surface area is 158 Å². The first-order valence-corrected chi connectivity index (χ1v) is 9.79. The van der Waals surface area contributed by atoms with Crippen LogP contribution in [0.5, 0.6) is 0 Å². The van der Waals surface area contributed by atoms with E-state index in [9.17, 15) is 9.59 Å². The Balaban J connectivity index is 1.38. The highest BCUT2D eigenvalue weighted by Crippen LogP contribution is 2.19. The maximum absolute atomic E-state index is 12.2. The molecule has 1 aliphatic rings. The minimum Gasteiger partial charge on any atom is -0.445 e. The molecule has 1 saturated heterocycles. The predicted octanol–water partition coefficient (Wildman–Crippen LogP) is 3.84. The summed E-state index contributed by atoms with van der Waals surface area (Å²) in [6.07, 6.45) is 1.50. The summed E-state index contributed by atoms with van der Waals surface area (Å²) in [5.41, 5.74) is 1.75. The van der Waals surface area contributed by atoms with Gasteiger partial charge in [0, 0.05) is 24.5 Å². The van der Waals surface area contributed by atoms with Crippen molar-refractivity contribution in [2.24, 2.45) is 5.92 Å². The van der Waals surface area contributed by atoms with E-state index in [1.165, 1.54) is 0 Å². The molecule has 1 fully saturated rings. The zero-order valence-corrected chi connectivity index (χ0v) is 15.8. The molecule has 0 bridgehead atoms. The number of piperidine rings is 1. The Morgan fingerprint density at radius 2 is 1.92 bits per heavy atom. The molecule has 0 unspecified atom stereocenters. The van der Waals surface area contributed by atoms with Crippen LogP contribution < -0.4 is 5.32 Å². The van der Waals surface area contributed by atoms with Crippen molar-refractivity contribution in [3.05, 3.63) is 57.8 Å². The van der Waals surface area contributed by atoms with E-state index in [0.717, 1.165) is 28.8 Å². The van der Waals surface area contributed by atoms with Gasteiger partial charge in [-0.2, -0.15) is 0 Å². The van der Waals surface area contributed by atoms with Gasteiger partial charge in [0.1, 0.15) is 6.61 Å². The van der Waals surface area contributed by atoms with E-state index < -0.39 is 0 Å². The molecule has 3 rings (SSSR count). The summed E-state index contributed by atoms with van der Waals surface area (Å²) < 4.78 is 5.38. The number of thiophene rings is 1. The Morgan fingerprint density at radius 1 is 1.19 bits per heavy atom. The number of nitrogens with zero attached hydrogens (tertiary/aromatic N) is 1. The second kappa shape index (κ2) is 8.85. The number of benzene rings is 1. The normalized spacial score (nSPS) is 14.9. The second-order valence-corrected chi connectivity index (χ2v) is 7.69. The third-order valence-electron chi connectivity index (χ3n) is 4.73. The first kappa shape index (κ1) is 18.5. The third kappa shape index (κ3) is 4.85. The van der Waals surface area contributed by atoms with E-state index in [2.05, 4.69) is 5.32 Å². The van der Waals surface area contributed by atoms with E-state index >= 15 is 0 Å². The highest BCUT2D eigenvalue weighted by Gasteiger charge is 2.24. The SMILES string of the molecule is Cc1sccc1C(=O)NCC1CCN(C(=O)OCc2ccccc2)CC1. The van der Waals surface area contributed by atoms with Crippen LogP contribution in [0.1, 0.15) is 33.6 Å². The number of aryl methyl sites for hydroxylation is 1. The zero-order valence-electron chi connectivity index (χ0n) is 14.9. The van der Waals surface area contributed by atoms with Gasteiger partial charge in [-0.05, 0) is 42.7 Å². The Morgan fingerprint density at radius 3 is 2.58 bits per heavy atom. The molecule has 0 atom stereocenters. The smallest absolute Gasteiger partial charge is 0.410 e. The van der Waals surface area contributed by atoms with Crippen molar-refractivity contribution in [2.75, 3.05) is 19.6 Å². The number of hydrogen-bond acceptors (Lipinski definition) is 4. The number of rotatable bonds is 5. The van der Waals surface area contributed by atoms with Crippen LogP contribution in [-0.2, 0) is 11.3 Å². The van der Waals surface area contributed by atoms with Gasteiger partial charge in [0.05, 0.1) is 5.56 Å². The van der Waals surface area contributed by atoms with Gasteiger partial charge in [-0.3, -0.25) is 4.79 Å². The first-order valence-electron chi connectivity index (χ1n) is 8.91. The largest absolute Gasteiger partial charge is 0.445 e. The number of amides is 2. The minimum absolute atomic E-state index is 0.00606. The van der Waals surface area contributed by atoms with Crippen molar-refractivity contribution >= 4 is 23.3 Å². The molecule has 1 aromatic carbocycles. The average Bonchev–Trinajstić information content (AvgIpc) is 3.11. The fourth-order valence-corrected chi connectivity index (χ4v) is 3.78. The van der Waals surface area contributed by atoms with E-state index in [-0.39, 0.29) is 12.0 Å². The Bertz CT molecular complexity index is 737. The summed E-state index contributed by atoms with van der Waals surface area (Å²) in [5.74, 6) is 0.393. The number of ether oxygens (including phenoxy) is 1. The predicted molar refractivity (Wildman–Crippen MR) is 102 cm³/mol. The molecule has 1 N–H and O–H groups in total. The third-order valence-corrected chi connectivity index (χ3v) is 5.58. The van der Waals surface area contributed by atoms with Crippen LogP contribution in [0.25, 0.3) is 0 Å². The highest BCUT2D eigenvalue weighted by atomic mass is 32.1. The second-order valence-electron chi connectivity index (χ2n) is 6.57. The quantitative estimate of drug-likeness (QED) is 0.868. The number of carbonyl (C=O) groups is 2. The summed E-state index contributed by atoms with van der Waals surface area (Å²) in [6, 6.07) is 11.5. The fourth-order valence-electron chi connectivity index (χ4n) is 3.08. The number of likely N-dealkylation sites (tertiary alicyclic amines) is 1. The minimum atomic E-state index is -0.259. The van der Waals surface area contributed by atoms with E-state index in [4.69, 9.17) is 4.74 Å². The van der Waals surface area contributed by atoms with Gasteiger partial charge in [0.25, 0.3) is 5.91 Å². The lowest BCUT2D eigenvalue weighted by Gasteiger charge is -2.31. The van der Waals surface area contributed by atoms with Gasteiger partial charge in [-0.1, -0.05) is 30.3 Å². The standard InChI is InChI=1S/C20H24N2O3S/c1-15-18(9-12-26-15)19(23)21-13-16-7-10-22(11-8-16)20(24)25-14-17-5-3-2-4-6-17/h2-6,9,12,16H,7-8,10-11,13-14H2,1H3,(H,21,23). The summed E-state index contributed by atoms with van der Waals surface area (Å²) in [4.78, 5) is 27.1. The summed E-state index contributed by atoms with van der Waals surface area (Å²) in [5, 5.41) is 4.95. The molecule has 2 heterocycles. The molecule has 0 aliphatic carbocycles. The molecule has 1 aromatic heterocycles. The summed E-state index contributed by atoms with van der Waals surface area (Å²) in [7, 11) is 0. The lowest BCUT2D eigenvalue weighted by Crippen LogP contribution is -2.41. The fraction of sp³-hybridized carbons (Fsp3) is 0.400. The van der Waals surface area contributed by atoms with Crippen molar-refractivity contribution in [3.63, 3.8) is 0 Å². The molecule has 0 saturated carbocycles. The maximum Gasteiger partial charge on any atom is 0.410 e. The number of nitrogens with one attached hydrogen (secondary N) is 1. The zero-order chi connectivity index (χ0) is 18.4. The molecule has 5 nitrogen and oxygen atoms in total. The maximum atomic E-state index is 12.2. The van der Waals surface area contributed by atoms with Crippen molar-refractivity contribution in [3.8, 4) is 0 Å². The van der Waals surface area contributed by atoms with Crippen molar-refractivity contribution in [1.29, 1.82) is 0 Å². The van der Waals surface area contributed by atoms with E-state index in [1.54, 1.807) is 16.2 Å². The molecule has 6 heteroatoms. The van der Waals surface area contributed by atoms with Crippen LogP contribution in [-0.4, -0.2) is 36.5 Å². The molecule has 2 amide bonds. The van der Waals surface area contributed by atoms with Gasteiger partial charge < -0.3 is 15.0 Å². The van der Waals surface area contributed by atoms with Crippen LogP contribution in [0.2, 0.25) is 0 Å². The Kier molecular flexibility index (Phi) is 6.28. The molecular weight excluding hydrogens is 348 g/mol. The van der Waals surface area contributed by atoms with Crippen LogP contribution in [0.3, 0.4) is 0 Å². The van der Waals surface area contributed by atoms with Gasteiger partial charge >= 0.3 is 6.09 Å². The average molecular weight is 372 g/mol. The summed E-state index contributed by atoms with van der Waals surface area (Å²) in [6.45, 7) is 4.26. The summed E-state index contributed by atoms with van der Waals surface area (Å²) >= 11 is 1.58. The van der Waals surface area contributed by atoms with Crippen LogP contribution in [0.15, 0.2) is 41.8 Å².